The first kappa shape index (κ1) is 14.5. The Morgan fingerprint density at radius 1 is 1.61 bits per heavy atom. The number of nitrogens with zero attached hydrogens (tertiary/aromatic N) is 2. The van der Waals surface area contributed by atoms with Crippen molar-refractivity contribution in [1.82, 2.24) is 9.78 Å². The standard InChI is InChI=1S/C11H17ClN4O2/c1-4-5-16-9(17)8(12)7(6-14-16)15-11(2,3)10(13)18/h6,15H,4-5H2,1-3H3,(H2,13,18). The van der Waals surface area contributed by atoms with Gasteiger partial charge in [0.25, 0.3) is 5.56 Å². The van der Waals surface area contributed by atoms with Gasteiger partial charge in [-0.15, -0.1) is 0 Å². The van der Waals surface area contributed by atoms with Crippen LogP contribution in [0.1, 0.15) is 27.2 Å². The van der Waals surface area contributed by atoms with Crippen LogP contribution in [-0.4, -0.2) is 21.2 Å². The number of aryl methyl sites for hydroxylation is 1. The molecule has 18 heavy (non-hydrogen) atoms. The van der Waals surface area contributed by atoms with Gasteiger partial charge in [0, 0.05) is 6.54 Å². The zero-order chi connectivity index (χ0) is 13.9. The van der Waals surface area contributed by atoms with Crippen LogP contribution in [0, 0.1) is 0 Å². The number of anilines is 1. The van der Waals surface area contributed by atoms with Gasteiger partial charge in [-0.2, -0.15) is 5.10 Å². The molecule has 0 aliphatic heterocycles. The van der Waals surface area contributed by atoms with Gasteiger partial charge in [0.1, 0.15) is 10.6 Å². The second-order valence-electron chi connectivity index (χ2n) is 4.51. The van der Waals surface area contributed by atoms with E-state index in [4.69, 9.17) is 17.3 Å². The fraction of sp³-hybridized carbons (Fsp3) is 0.545. The number of amides is 1. The minimum absolute atomic E-state index is 0.00720. The van der Waals surface area contributed by atoms with E-state index in [2.05, 4.69) is 10.4 Å². The number of halogens is 1. The summed E-state index contributed by atoms with van der Waals surface area (Å²) in [4.78, 5) is 23.1. The predicted octanol–water partition coefficient (Wildman–Crippen LogP) is 0.982. The van der Waals surface area contributed by atoms with Crippen molar-refractivity contribution in [3.05, 3.63) is 21.6 Å². The Labute approximate surface area is 110 Å². The summed E-state index contributed by atoms with van der Waals surface area (Å²) in [5.41, 5.74) is 4.15. The lowest BCUT2D eigenvalue weighted by molar-refractivity contribution is -0.121. The second kappa shape index (κ2) is 5.39. The molecule has 6 nitrogen and oxygen atoms in total. The van der Waals surface area contributed by atoms with E-state index in [1.54, 1.807) is 13.8 Å². The number of carbonyl (C=O) groups is 1. The van der Waals surface area contributed by atoms with Crippen molar-refractivity contribution in [2.75, 3.05) is 5.32 Å². The van der Waals surface area contributed by atoms with Crippen LogP contribution in [-0.2, 0) is 11.3 Å². The van der Waals surface area contributed by atoms with Crippen LogP contribution in [0.25, 0.3) is 0 Å². The number of nitrogens with two attached hydrogens (primary N) is 1. The van der Waals surface area contributed by atoms with Crippen molar-refractivity contribution in [3.63, 3.8) is 0 Å². The molecule has 0 saturated heterocycles. The molecule has 0 aliphatic rings. The summed E-state index contributed by atoms with van der Waals surface area (Å²) in [6.07, 6.45) is 2.20. The van der Waals surface area contributed by atoms with Crippen molar-refractivity contribution in [3.8, 4) is 0 Å². The van der Waals surface area contributed by atoms with Gasteiger partial charge in [-0.25, -0.2) is 4.68 Å². The molecule has 1 aromatic heterocycles. The van der Waals surface area contributed by atoms with Crippen LogP contribution in [0.2, 0.25) is 5.02 Å². The molecule has 1 amide bonds. The molecule has 7 heteroatoms. The van der Waals surface area contributed by atoms with Gasteiger partial charge in [0.05, 0.1) is 11.9 Å². The van der Waals surface area contributed by atoms with E-state index >= 15 is 0 Å². The Morgan fingerprint density at radius 3 is 2.72 bits per heavy atom. The maximum atomic E-state index is 11.8. The van der Waals surface area contributed by atoms with Crippen LogP contribution in [0.3, 0.4) is 0 Å². The summed E-state index contributed by atoms with van der Waals surface area (Å²) in [5, 5.41) is 6.80. The summed E-state index contributed by atoms with van der Waals surface area (Å²) in [6.45, 7) is 5.63. The van der Waals surface area contributed by atoms with Crippen molar-refractivity contribution in [2.45, 2.75) is 39.3 Å². The van der Waals surface area contributed by atoms with Crippen LogP contribution in [0.5, 0.6) is 0 Å². The number of rotatable bonds is 5. The fourth-order valence-electron chi connectivity index (χ4n) is 1.32. The summed E-state index contributed by atoms with van der Waals surface area (Å²) in [7, 11) is 0. The monoisotopic (exact) mass is 272 g/mol. The maximum absolute atomic E-state index is 11.8. The molecule has 1 rings (SSSR count). The van der Waals surface area contributed by atoms with Crippen molar-refractivity contribution in [2.24, 2.45) is 5.73 Å². The molecule has 1 aromatic rings. The van der Waals surface area contributed by atoms with Gasteiger partial charge in [-0.3, -0.25) is 9.59 Å². The Morgan fingerprint density at radius 2 is 2.22 bits per heavy atom. The first-order valence-corrected chi connectivity index (χ1v) is 6.01. The topological polar surface area (TPSA) is 90.0 Å². The van der Waals surface area contributed by atoms with Gasteiger partial charge < -0.3 is 11.1 Å². The largest absolute Gasteiger partial charge is 0.369 e. The molecule has 0 bridgehead atoms. The molecule has 0 aromatic carbocycles. The Balaban J connectivity index is 3.10. The average molecular weight is 273 g/mol. The molecule has 1 heterocycles. The lowest BCUT2D eigenvalue weighted by atomic mass is 10.1. The minimum atomic E-state index is -1.01. The molecule has 0 fully saturated rings. The predicted molar refractivity (Wildman–Crippen MR) is 70.7 cm³/mol. The summed E-state index contributed by atoms with van der Waals surface area (Å²) >= 11 is 5.96. The van der Waals surface area contributed by atoms with Gasteiger partial charge >= 0.3 is 0 Å². The van der Waals surface area contributed by atoms with E-state index in [1.807, 2.05) is 6.92 Å². The molecule has 100 valence electrons. The summed E-state index contributed by atoms with van der Waals surface area (Å²) in [6, 6.07) is 0. The third kappa shape index (κ3) is 3.01. The zero-order valence-electron chi connectivity index (χ0n) is 10.7. The molecule has 0 spiro atoms. The van der Waals surface area contributed by atoms with Crippen molar-refractivity contribution < 1.29 is 4.79 Å². The summed E-state index contributed by atoms with van der Waals surface area (Å²) in [5.74, 6) is -0.545. The Bertz CT molecular complexity index is 510. The smallest absolute Gasteiger partial charge is 0.287 e. The van der Waals surface area contributed by atoms with E-state index in [-0.39, 0.29) is 10.6 Å². The number of hydrogen-bond donors (Lipinski definition) is 2. The van der Waals surface area contributed by atoms with Crippen LogP contribution < -0.4 is 16.6 Å². The molecular formula is C11H17ClN4O2. The van der Waals surface area contributed by atoms with Crippen LogP contribution >= 0.6 is 11.6 Å². The number of nitrogens with one attached hydrogen (secondary N) is 1. The minimum Gasteiger partial charge on any atom is -0.369 e. The van der Waals surface area contributed by atoms with Crippen LogP contribution in [0.4, 0.5) is 5.69 Å². The highest BCUT2D eigenvalue weighted by Gasteiger charge is 2.26. The maximum Gasteiger partial charge on any atom is 0.287 e. The molecule has 0 radical (unpaired) electrons. The zero-order valence-corrected chi connectivity index (χ0v) is 11.4. The highest BCUT2D eigenvalue weighted by Crippen LogP contribution is 2.20. The van der Waals surface area contributed by atoms with Crippen molar-refractivity contribution >= 4 is 23.2 Å². The van der Waals surface area contributed by atoms with E-state index < -0.39 is 11.4 Å². The first-order chi connectivity index (χ1) is 8.29. The molecule has 0 atom stereocenters. The lowest BCUT2D eigenvalue weighted by Crippen LogP contribution is -2.45. The Kier molecular flexibility index (Phi) is 4.34. The number of carbonyl (C=O) groups excluding carboxylic acids is 1. The lowest BCUT2D eigenvalue weighted by Gasteiger charge is -2.24. The molecular weight excluding hydrogens is 256 g/mol. The highest BCUT2D eigenvalue weighted by molar-refractivity contribution is 6.33. The number of hydrogen-bond acceptors (Lipinski definition) is 4. The van der Waals surface area contributed by atoms with E-state index in [0.29, 0.717) is 12.2 Å². The van der Waals surface area contributed by atoms with Gasteiger partial charge in [-0.1, -0.05) is 18.5 Å². The Hall–Kier alpha value is -1.56. The number of primary amides is 1. The fourth-order valence-corrected chi connectivity index (χ4v) is 1.52. The SMILES string of the molecule is CCCn1ncc(NC(C)(C)C(N)=O)c(Cl)c1=O. The normalized spacial score (nSPS) is 11.3. The van der Waals surface area contributed by atoms with E-state index in [0.717, 1.165) is 6.42 Å². The third-order valence-electron chi connectivity index (χ3n) is 2.48. The van der Waals surface area contributed by atoms with Gasteiger partial charge in [-0.05, 0) is 20.3 Å². The third-order valence-corrected chi connectivity index (χ3v) is 2.85. The molecule has 0 unspecified atom stereocenters. The van der Waals surface area contributed by atoms with Crippen LogP contribution in [0.15, 0.2) is 11.0 Å². The first-order valence-electron chi connectivity index (χ1n) is 5.63. The average Bonchev–Trinajstić information content (AvgIpc) is 2.28. The second-order valence-corrected chi connectivity index (χ2v) is 4.89. The molecule has 0 saturated carbocycles. The number of aromatic nitrogens is 2. The van der Waals surface area contributed by atoms with Gasteiger partial charge in [0.2, 0.25) is 5.91 Å². The van der Waals surface area contributed by atoms with Crippen molar-refractivity contribution in [1.29, 1.82) is 0 Å². The van der Waals surface area contributed by atoms with E-state index in [9.17, 15) is 9.59 Å². The van der Waals surface area contributed by atoms with E-state index in [1.165, 1.54) is 10.9 Å². The molecule has 3 N–H and O–H groups in total. The quantitative estimate of drug-likeness (QED) is 0.836. The molecule has 0 aliphatic carbocycles. The highest BCUT2D eigenvalue weighted by atomic mass is 35.5. The van der Waals surface area contributed by atoms with Gasteiger partial charge in [0.15, 0.2) is 0 Å². The summed E-state index contributed by atoms with van der Waals surface area (Å²) < 4.78 is 1.28.